The summed E-state index contributed by atoms with van der Waals surface area (Å²) in [7, 11) is 0. The highest BCUT2D eigenvalue weighted by atomic mass is 32.1. The number of thiophene rings is 2. The van der Waals surface area contributed by atoms with Crippen LogP contribution >= 0.6 is 22.7 Å². The van der Waals surface area contributed by atoms with Gasteiger partial charge in [0.05, 0.1) is 11.0 Å². The van der Waals surface area contributed by atoms with Crippen LogP contribution in [0, 0.1) is 0 Å². The van der Waals surface area contributed by atoms with Crippen molar-refractivity contribution >= 4 is 84.8 Å². The summed E-state index contributed by atoms with van der Waals surface area (Å²) in [4.78, 5) is 0. The van der Waals surface area contributed by atoms with Crippen LogP contribution in [-0.2, 0) is 0 Å². The third-order valence-electron chi connectivity index (χ3n) is 11.6. The molecule has 3 heteroatoms. The molecule has 12 aromatic rings. The normalized spacial score (nSPS) is 11.9. The zero-order chi connectivity index (χ0) is 37.5. The minimum absolute atomic E-state index is 1.16. The average Bonchev–Trinajstić information content (AvgIpc) is 3.96. The zero-order valence-electron chi connectivity index (χ0n) is 30.8. The second kappa shape index (κ2) is 12.9. The first-order valence-electron chi connectivity index (χ1n) is 19.4. The molecule has 12 rings (SSSR count). The molecule has 0 saturated carbocycles. The SMILES string of the molecule is c1ccc(-n2c3ccc(-c4cccc(-c5cccc6c5sc5ccccc56)c4)cc3c3cc(-c4cccc(-c5cccc6c5sc5ccccc56)c4)ccc32)cc1. The lowest BCUT2D eigenvalue weighted by molar-refractivity contribution is 1.18. The van der Waals surface area contributed by atoms with Gasteiger partial charge in [-0.25, -0.2) is 0 Å². The molecule has 57 heavy (non-hydrogen) atoms. The molecule has 0 fully saturated rings. The minimum Gasteiger partial charge on any atom is -0.309 e. The van der Waals surface area contributed by atoms with E-state index < -0.39 is 0 Å². The molecule has 0 saturated heterocycles. The van der Waals surface area contributed by atoms with Gasteiger partial charge in [-0.3, -0.25) is 0 Å². The first-order chi connectivity index (χ1) is 28.2. The maximum absolute atomic E-state index is 2.41. The number of hydrogen-bond acceptors (Lipinski definition) is 2. The van der Waals surface area contributed by atoms with Crippen LogP contribution in [0.4, 0.5) is 0 Å². The summed E-state index contributed by atoms with van der Waals surface area (Å²) in [6, 6.07) is 73.9. The van der Waals surface area contributed by atoms with Crippen molar-refractivity contribution in [3.05, 3.63) is 200 Å². The van der Waals surface area contributed by atoms with E-state index in [-0.39, 0.29) is 0 Å². The summed E-state index contributed by atoms with van der Waals surface area (Å²) in [5.41, 5.74) is 13.5. The maximum Gasteiger partial charge on any atom is 0.0541 e. The number of hydrogen-bond donors (Lipinski definition) is 0. The average molecular weight is 760 g/mol. The molecule has 3 aromatic heterocycles. The highest BCUT2D eigenvalue weighted by Gasteiger charge is 2.17. The third-order valence-corrected chi connectivity index (χ3v) is 14.0. The van der Waals surface area contributed by atoms with Crippen molar-refractivity contribution in [2.24, 2.45) is 0 Å². The monoisotopic (exact) mass is 759 g/mol. The molecule has 3 heterocycles. The largest absolute Gasteiger partial charge is 0.309 e. The summed E-state index contributed by atoms with van der Waals surface area (Å²) >= 11 is 3.77. The fourth-order valence-electron chi connectivity index (χ4n) is 8.92. The molecule has 0 aliphatic carbocycles. The van der Waals surface area contributed by atoms with Gasteiger partial charge in [0.15, 0.2) is 0 Å². The van der Waals surface area contributed by atoms with E-state index in [0.717, 1.165) is 5.69 Å². The molecule has 0 aliphatic rings. The van der Waals surface area contributed by atoms with Crippen LogP contribution in [0.1, 0.15) is 0 Å². The van der Waals surface area contributed by atoms with Gasteiger partial charge in [0.1, 0.15) is 0 Å². The molecule has 266 valence electrons. The molecule has 0 aliphatic heterocycles. The van der Waals surface area contributed by atoms with E-state index in [1.54, 1.807) is 0 Å². The number of rotatable bonds is 5. The van der Waals surface area contributed by atoms with Crippen LogP contribution in [-0.4, -0.2) is 4.57 Å². The number of nitrogens with zero attached hydrogens (tertiary/aromatic N) is 1. The first-order valence-corrected chi connectivity index (χ1v) is 21.0. The van der Waals surface area contributed by atoms with E-state index in [1.807, 2.05) is 22.7 Å². The highest BCUT2D eigenvalue weighted by Crippen LogP contribution is 2.43. The maximum atomic E-state index is 2.41. The molecule has 0 atom stereocenters. The van der Waals surface area contributed by atoms with Gasteiger partial charge < -0.3 is 4.57 Å². The van der Waals surface area contributed by atoms with Crippen molar-refractivity contribution in [3.63, 3.8) is 0 Å². The molecular weight excluding hydrogens is 727 g/mol. The molecule has 0 unspecified atom stereocenters. The topological polar surface area (TPSA) is 4.93 Å². The van der Waals surface area contributed by atoms with Crippen LogP contribution < -0.4 is 0 Å². The van der Waals surface area contributed by atoms with Crippen LogP contribution in [0.15, 0.2) is 200 Å². The Morgan fingerprint density at radius 1 is 0.281 bits per heavy atom. The Balaban J connectivity index is 1.01. The van der Waals surface area contributed by atoms with Gasteiger partial charge in [-0.05, 0) is 105 Å². The molecule has 0 spiro atoms. The molecule has 9 aromatic carbocycles. The van der Waals surface area contributed by atoms with Crippen molar-refractivity contribution in [1.82, 2.24) is 4.57 Å². The fourth-order valence-corrected chi connectivity index (χ4v) is 11.4. The summed E-state index contributed by atoms with van der Waals surface area (Å²) in [5.74, 6) is 0. The second-order valence-corrected chi connectivity index (χ2v) is 17.0. The van der Waals surface area contributed by atoms with Crippen molar-refractivity contribution in [2.45, 2.75) is 0 Å². The van der Waals surface area contributed by atoms with Crippen LogP contribution in [0.25, 0.3) is 112 Å². The highest BCUT2D eigenvalue weighted by molar-refractivity contribution is 7.26. The van der Waals surface area contributed by atoms with Gasteiger partial charge in [0.2, 0.25) is 0 Å². The lowest BCUT2D eigenvalue weighted by Crippen LogP contribution is -1.93. The van der Waals surface area contributed by atoms with Crippen LogP contribution in [0.2, 0.25) is 0 Å². The number of fused-ring (bicyclic) bond motifs is 9. The van der Waals surface area contributed by atoms with Crippen LogP contribution in [0.3, 0.4) is 0 Å². The van der Waals surface area contributed by atoms with Gasteiger partial charge >= 0.3 is 0 Å². The van der Waals surface area contributed by atoms with E-state index in [2.05, 4.69) is 205 Å². The van der Waals surface area contributed by atoms with Gasteiger partial charge in [-0.15, -0.1) is 22.7 Å². The summed E-state index contributed by atoms with van der Waals surface area (Å²) in [5, 5.41) is 7.80. The van der Waals surface area contributed by atoms with Crippen molar-refractivity contribution in [3.8, 4) is 50.2 Å². The smallest absolute Gasteiger partial charge is 0.0541 e. The Hall–Kier alpha value is -6.78. The van der Waals surface area contributed by atoms with E-state index in [9.17, 15) is 0 Å². The molecular formula is C54H33NS2. The van der Waals surface area contributed by atoms with E-state index in [4.69, 9.17) is 0 Å². The number of benzene rings is 9. The fraction of sp³-hybridized carbons (Fsp3) is 0. The molecule has 1 nitrogen and oxygen atoms in total. The van der Waals surface area contributed by atoms with Gasteiger partial charge in [0.25, 0.3) is 0 Å². The summed E-state index contributed by atoms with van der Waals surface area (Å²) < 4.78 is 7.76. The first kappa shape index (κ1) is 32.5. The Kier molecular flexibility index (Phi) is 7.34. The number of para-hydroxylation sites is 1. The Morgan fingerprint density at radius 3 is 1.23 bits per heavy atom. The second-order valence-electron chi connectivity index (χ2n) is 14.9. The molecule has 0 bridgehead atoms. The predicted octanol–water partition coefficient (Wildman–Crippen LogP) is 16.2. The van der Waals surface area contributed by atoms with Crippen LogP contribution in [0.5, 0.6) is 0 Å². The van der Waals surface area contributed by atoms with E-state index >= 15 is 0 Å². The molecule has 0 N–H and O–H groups in total. The van der Waals surface area contributed by atoms with E-state index in [0.29, 0.717) is 0 Å². The minimum atomic E-state index is 1.16. The summed E-state index contributed by atoms with van der Waals surface area (Å²) in [6.07, 6.45) is 0. The lowest BCUT2D eigenvalue weighted by atomic mass is 9.96. The van der Waals surface area contributed by atoms with Crippen molar-refractivity contribution < 1.29 is 0 Å². The number of aromatic nitrogens is 1. The van der Waals surface area contributed by atoms with Crippen molar-refractivity contribution in [1.29, 1.82) is 0 Å². The van der Waals surface area contributed by atoms with Crippen molar-refractivity contribution in [2.75, 3.05) is 0 Å². The molecule has 0 radical (unpaired) electrons. The quantitative estimate of drug-likeness (QED) is 0.165. The molecule has 0 amide bonds. The predicted molar refractivity (Wildman–Crippen MR) is 248 cm³/mol. The van der Waals surface area contributed by atoms with Gasteiger partial charge in [-0.2, -0.15) is 0 Å². The Morgan fingerprint density at radius 2 is 0.702 bits per heavy atom. The van der Waals surface area contributed by atoms with Gasteiger partial charge in [-0.1, -0.05) is 140 Å². The third kappa shape index (κ3) is 5.20. The van der Waals surface area contributed by atoms with E-state index in [1.165, 1.54) is 107 Å². The standard InChI is InChI=1S/C54H33NS2/c1-2-16-40(17-3-1)55-49-28-26-36(34-12-8-14-38(30-34)41-20-10-22-45-43-18-4-6-24-51(43)56-53(41)45)32-47(49)48-33-37(27-29-50(48)55)35-13-9-15-39(31-35)42-21-11-23-46-44-19-5-7-25-52(44)57-54(42)46/h1-33H. The van der Waals surface area contributed by atoms with Gasteiger partial charge in [0, 0.05) is 56.8 Å². The Bertz CT molecular complexity index is 3310. The summed E-state index contributed by atoms with van der Waals surface area (Å²) in [6.45, 7) is 0. The zero-order valence-corrected chi connectivity index (χ0v) is 32.4. The lowest BCUT2D eigenvalue weighted by Gasteiger charge is -2.10. The Labute approximate surface area is 338 Å².